The standard InChI is InChI=1S/C29H47N3O4/c1-21(2)25-15-12-14-24(18-25)19-30-20-29(35,36)26-17-22(3)13-10-8-6-7-9-11-16-27(33)32(5)23(4)28(34)31-26/h6-7,12,14-15,18,21-23,26,30,35-36H,8-11,13,16-17,19-20H2,1-5H3,(H,31,34)/b7-6-/t22-,23+,26+/m1/s1. The van der Waals surface area contributed by atoms with Gasteiger partial charge < -0.3 is 25.7 Å². The first-order valence-electron chi connectivity index (χ1n) is 13.5. The minimum Gasteiger partial charge on any atom is -0.363 e. The van der Waals surface area contributed by atoms with Gasteiger partial charge in [-0.15, -0.1) is 0 Å². The Bertz CT molecular complexity index is 868. The first-order valence-corrected chi connectivity index (χ1v) is 13.5. The number of rotatable bonds is 6. The average Bonchev–Trinajstić information content (AvgIpc) is 2.83. The number of allylic oxidation sites excluding steroid dienone is 2. The molecule has 1 heterocycles. The number of nitrogens with zero attached hydrogens (tertiary/aromatic N) is 1. The number of likely N-dealkylation sites (N-methyl/N-ethyl adjacent to an activating group) is 1. The number of hydrogen-bond donors (Lipinski definition) is 4. The van der Waals surface area contributed by atoms with Crippen LogP contribution in [0, 0.1) is 5.92 Å². The molecule has 0 radical (unpaired) electrons. The van der Waals surface area contributed by atoms with Gasteiger partial charge in [0.05, 0.1) is 12.6 Å². The lowest BCUT2D eigenvalue weighted by molar-refractivity contribution is -0.185. The van der Waals surface area contributed by atoms with Gasteiger partial charge in [0.15, 0.2) is 5.79 Å². The fraction of sp³-hybridized carbons (Fsp3) is 0.655. The lowest BCUT2D eigenvalue weighted by Gasteiger charge is -2.35. The van der Waals surface area contributed by atoms with Gasteiger partial charge in [-0.1, -0.05) is 63.6 Å². The molecule has 7 nitrogen and oxygen atoms in total. The molecular weight excluding hydrogens is 454 g/mol. The van der Waals surface area contributed by atoms with Crippen molar-refractivity contribution in [3.63, 3.8) is 0 Å². The van der Waals surface area contributed by atoms with E-state index in [4.69, 9.17) is 0 Å². The molecule has 2 rings (SSSR count). The van der Waals surface area contributed by atoms with Crippen LogP contribution >= 0.6 is 0 Å². The van der Waals surface area contributed by atoms with Crippen molar-refractivity contribution in [2.75, 3.05) is 13.6 Å². The van der Waals surface area contributed by atoms with Crippen molar-refractivity contribution in [2.45, 2.75) is 103 Å². The monoisotopic (exact) mass is 501 g/mol. The van der Waals surface area contributed by atoms with Gasteiger partial charge >= 0.3 is 0 Å². The van der Waals surface area contributed by atoms with Gasteiger partial charge in [-0.25, -0.2) is 0 Å². The van der Waals surface area contributed by atoms with Crippen LogP contribution in [-0.4, -0.2) is 58.4 Å². The Morgan fingerprint density at radius 1 is 1.14 bits per heavy atom. The van der Waals surface area contributed by atoms with E-state index in [1.807, 2.05) is 12.1 Å². The van der Waals surface area contributed by atoms with E-state index in [1.165, 1.54) is 10.5 Å². The molecule has 1 aromatic carbocycles. The molecule has 0 saturated carbocycles. The molecule has 0 aliphatic carbocycles. The molecule has 0 bridgehead atoms. The van der Waals surface area contributed by atoms with E-state index in [-0.39, 0.29) is 24.3 Å². The van der Waals surface area contributed by atoms with E-state index in [0.717, 1.165) is 37.7 Å². The largest absolute Gasteiger partial charge is 0.363 e. The highest BCUT2D eigenvalue weighted by Crippen LogP contribution is 2.21. The van der Waals surface area contributed by atoms with Gasteiger partial charge in [0.2, 0.25) is 11.8 Å². The zero-order chi connectivity index (χ0) is 26.7. The molecule has 3 atom stereocenters. The van der Waals surface area contributed by atoms with Gasteiger partial charge in [-0.3, -0.25) is 9.59 Å². The molecule has 0 fully saturated rings. The van der Waals surface area contributed by atoms with Gasteiger partial charge in [0, 0.05) is 20.0 Å². The summed E-state index contributed by atoms with van der Waals surface area (Å²) in [7, 11) is 1.63. The molecule has 7 heteroatoms. The summed E-state index contributed by atoms with van der Waals surface area (Å²) in [5.41, 5.74) is 2.30. The average molecular weight is 502 g/mol. The summed E-state index contributed by atoms with van der Waals surface area (Å²) in [6.45, 7) is 8.42. The van der Waals surface area contributed by atoms with E-state index >= 15 is 0 Å². The Morgan fingerprint density at radius 3 is 2.53 bits per heavy atom. The van der Waals surface area contributed by atoms with Crippen LogP contribution < -0.4 is 10.6 Å². The molecular formula is C29H47N3O4. The summed E-state index contributed by atoms with van der Waals surface area (Å²) < 4.78 is 0. The molecule has 202 valence electrons. The van der Waals surface area contributed by atoms with Crippen molar-refractivity contribution in [1.29, 1.82) is 0 Å². The normalized spacial score (nSPS) is 24.6. The highest BCUT2D eigenvalue weighted by Gasteiger charge is 2.37. The van der Waals surface area contributed by atoms with Crippen LogP contribution in [0.25, 0.3) is 0 Å². The summed E-state index contributed by atoms with van der Waals surface area (Å²) in [4.78, 5) is 27.1. The molecule has 1 aromatic rings. The number of nitrogens with one attached hydrogen (secondary N) is 2. The van der Waals surface area contributed by atoms with Crippen LogP contribution in [-0.2, 0) is 16.1 Å². The second-order valence-corrected chi connectivity index (χ2v) is 10.8. The Balaban J connectivity index is 2.12. The van der Waals surface area contributed by atoms with Gasteiger partial charge in [0.1, 0.15) is 6.04 Å². The van der Waals surface area contributed by atoms with E-state index in [9.17, 15) is 19.8 Å². The maximum atomic E-state index is 13.1. The summed E-state index contributed by atoms with van der Waals surface area (Å²) in [6, 6.07) is 6.65. The molecule has 4 N–H and O–H groups in total. The van der Waals surface area contributed by atoms with Crippen molar-refractivity contribution in [3.8, 4) is 0 Å². The van der Waals surface area contributed by atoms with Crippen LogP contribution in [0.3, 0.4) is 0 Å². The van der Waals surface area contributed by atoms with Gasteiger partial charge in [-0.2, -0.15) is 0 Å². The topological polar surface area (TPSA) is 102 Å². The van der Waals surface area contributed by atoms with Crippen LogP contribution in [0.15, 0.2) is 36.4 Å². The summed E-state index contributed by atoms with van der Waals surface area (Å²) >= 11 is 0. The zero-order valence-corrected chi connectivity index (χ0v) is 22.8. The fourth-order valence-electron chi connectivity index (χ4n) is 4.51. The molecule has 0 spiro atoms. The van der Waals surface area contributed by atoms with Gasteiger partial charge in [0.25, 0.3) is 0 Å². The Kier molecular flexibility index (Phi) is 12.1. The minimum atomic E-state index is -2.15. The lowest BCUT2D eigenvalue weighted by Crippen LogP contribution is -2.60. The molecule has 0 aromatic heterocycles. The quantitative estimate of drug-likeness (QED) is 0.350. The number of hydrogen-bond acceptors (Lipinski definition) is 5. The van der Waals surface area contributed by atoms with Crippen LogP contribution in [0.4, 0.5) is 0 Å². The first kappa shape index (κ1) is 30.0. The summed E-state index contributed by atoms with van der Waals surface area (Å²) in [5, 5.41) is 28.2. The third-order valence-corrected chi connectivity index (χ3v) is 7.19. The number of carbonyl (C=O) groups excluding carboxylic acids is 2. The summed E-state index contributed by atoms with van der Waals surface area (Å²) in [6.07, 6.45) is 9.56. The maximum absolute atomic E-state index is 13.1. The Labute approximate surface area is 217 Å². The van der Waals surface area contributed by atoms with Crippen molar-refractivity contribution < 1.29 is 19.8 Å². The van der Waals surface area contributed by atoms with E-state index in [2.05, 4.69) is 55.7 Å². The van der Waals surface area contributed by atoms with Crippen LogP contribution in [0.5, 0.6) is 0 Å². The van der Waals surface area contributed by atoms with Crippen molar-refractivity contribution in [1.82, 2.24) is 15.5 Å². The molecule has 1 aliphatic heterocycles. The Hall–Kier alpha value is -2.22. The van der Waals surface area contributed by atoms with Crippen LogP contribution in [0.1, 0.15) is 89.7 Å². The summed E-state index contributed by atoms with van der Waals surface area (Å²) in [5.74, 6) is -2.02. The number of benzene rings is 1. The van der Waals surface area contributed by atoms with E-state index in [0.29, 0.717) is 25.3 Å². The minimum absolute atomic E-state index is 0.0902. The van der Waals surface area contributed by atoms with Crippen LogP contribution in [0.2, 0.25) is 0 Å². The third kappa shape index (κ3) is 9.68. The SMILES string of the molecule is CC(C)c1cccc(CNCC(O)(O)[C@@H]2C[C@H](C)CCC/C=C\CCCC(=O)N(C)[C@@H](C)C(=O)N2)c1. The predicted molar refractivity (Wildman–Crippen MR) is 144 cm³/mol. The Morgan fingerprint density at radius 2 is 1.83 bits per heavy atom. The predicted octanol–water partition coefficient (Wildman–Crippen LogP) is 3.85. The second-order valence-electron chi connectivity index (χ2n) is 10.8. The van der Waals surface area contributed by atoms with Crippen molar-refractivity contribution >= 4 is 11.8 Å². The number of carbonyl (C=O) groups is 2. The first-order chi connectivity index (χ1) is 17.0. The highest BCUT2D eigenvalue weighted by molar-refractivity contribution is 5.87. The van der Waals surface area contributed by atoms with Crippen molar-refractivity contribution in [3.05, 3.63) is 47.5 Å². The molecule has 0 unspecified atom stereocenters. The maximum Gasteiger partial charge on any atom is 0.242 e. The molecule has 36 heavy (non-hydrogen) atoms. The lowest BCUT2D eigenvalue weighted by atomic mass is 9.91. The van der Waals surface area contributed by atoms with Crippen molar-refractivity contribution in [2.24, 2.45) is 5.92 Å². The smallest absolute Gasteiger partial charge is 0.242 e. The number of aliphatic hydroxyl groups is 2. The number of amides is 2. The van der Waals surface area contributed by atoms with E-state index in [1.54, 1.807) is 14.0 Å². The van der Waals surface area contributed by atoms with Gasteiger partial charge in [-0.05, 0) is 62.0 Å². The second kappa shape index (κ2) is 14.5. The molecule has 0 saturated heterocycles. The molecule has 1 aliphatic rings. The molecule has 2 amide bonds. The highest BCUT2D eigenvalue weighted by atomic mass is 16.5. The fourth-order valence-corrected chi connectivity index (χ4v) is 4.51. The van der Waals surface area contributed by atoms with E-state index < -0.39 is 17.9 Å². The zero-order valence-electron chi connectivity index (χ0n) is 22.8. The third-order valence-electron chi connectivity index (χ3n) is 7.19.